The Kier molecular flexibility index (Phi) is 6.72. The standard InChI is InChI=1S/C26H22N2O4/c29-25(31-18-20-10-4-1-5-11-20)16-24-23(17-27-28(24)22-14-8-3-9-15-22)26(30)32-19-21-12-6-2-7-13-21/h1-15,17H,16,18-19H2. The van der Waals surface area contributed by atoms with Gasteiger partial charge in [-0.15, -0.1) is 0 Å². The van der Waals surface area contributed by atoms with Crippen LogP contribution in [0.5, 0.6) is 0 Å². The monoisotopic (exact) mass is 426 g/mol. The molecule has 0 saturated heterocycles. The molecule has 32 heavy (non-hydrogen) atoms. The Labute approximate surface area is 186 Å². The Balaban J connectivity index is 1.53. The molecule has 0 radical (unpaired) electrons. The van der Waals surface area contributed by atoms with Crippen LogP contribution in [0.1, 0.15) is 27.2 Å². The molecule has 0 aliphatic carbocycles. The lowest BCUT2D eigenvalue weighted by Gasteiger charge is -2.10. The van der Waals surface area contributed by atoms with E-state index in [1.165, 1.54) is 6.20 Å². The normalized spacial score (nSPS) is 10.5. The van der Waals surface area contributed by atoms with Crippen molar-refractivity contribution < 1.29 is 19.1 Å². The van der Waals surface area contributed by atoms with E-state index in [2.05, 4.69) is 5.10 Å². The molecule has 4 rings (SSSR count). The first-order chi connectivity index (χ1) is 15.7. The molecule has 4 aromatic rings. The van der Waals surface area contributed by atoms with Gasteiger partial charge in [0.25, 0.3) is 0 Å². The number of ether oxygens (including phenoxy) is 2. The van der Waals surface area contributed by atoms with Crippen molar-refractivity contribution in [2.45, 2.75) is 19.6 Å². The van der Waals surface area contributed by atoms with Gasteiger partial charge in [0.15, 0.2) is 0 Å². The number of hydrogen-bond acceptors (Lipinski definition) is 5. The van der Waals surface area contributed by atoms with Gasteiger partial charge in [0.05, 0.1) is 24.0 Å². The summed E-state index contributed by atoms with van der Waals surface area (Å²) in [4.78, 5) is 25.4. The number of esters is 2. The van der Waals surface area contributed by atoms with Crippen molar-refractivity contribution in [3.05, 3.63) is 120 Å². The molecule has 0 amide bonds. The van der Waals surface area contributed by atoms with Crippen molar-refractivity contribution >= 4 is 11.9 Å². The van der Waals surface area contributed by atoms with Crippen LogP contribution in [-0.4, -0.2) is 21.7 Å². The van der Waals surface area contributed by atoms with E-state index < -0.39 is 11.9 Å². The van der Waals surface area contributed by atoms with E-state index in [-0.39, 0.29) is 25.2 Å². The minimum atomic E-state index is -0.540. The fourth-order valence-electron chi connectivity index (χ4n) is 3.23. The minimum Gasteiger partial charge on any atom is -0.461 e. The highest BCUT2D eigenvalue weighted by Gasteiger charge is 2.22. The van der Waals surface area contributed by atoms with Crippen LogP contribution in [0.15, 0.2) is 97.2 Å². The quantitative estimate of drug-likeness (QED) is 0.388. The topological polar surface area (TPSA) is 70.4 Å². The van der Waals surface area contributed by atoms with Gasteiger partial charge in [-0.2, -0.15) is 5.10 Å². The number of benzene rings is 3. The molecule has 6 heteroatoms. The largest absolute Gasteiger partial charge is 0.461 e. The lowest BCUT2D eigenvalue weighted by Crippen LogP contribution is -2.16. The molecule has 0 aliphatic heterocycles. The van der Waals surface area contributed by atoms with Gasteiger partial charge in [-0.25, -0.2) is 9.48 Å². The van der Waals surface area contributed by atoms with E-state index >= 15 is 0 Å². The Bertz CT molecular complexity index is 1170. The number of nitrogens with zero attached hydrogens (tertiary/aromatic N) is 2. The van der Waals surface area contributed by atoms with E-state index in [0.717, 1.165) is 16.8 Å². The minimum absolute atomic E-state index is 0.114. The number of carbonyl (C=O) groups is 2. The van der Waals surface area contributed by atoms with E-state index in [4.69, 9.17) is 9.47 Å². The second kappa shape index (κ2) is 10.2. The highest BCUT2D eigenvalue weighted by atomic mass is 16.5. The third-order valence-corrected chi connectivity index (χ3v) is 4.86. The number of hydrogen-bond donors (Lipinski definition) is 0. The molecule has 0 bridgehead atoms. The first-order valence-electron chi connectivity index (χ1n) is 10.2. The smallest absolute Gasteiger partial charge is 0.341 e. The van der Waals surface area contributed by atoms with Crippen LogP contribution in [0.4, 0.5) is 0 Å². The maximum absolute atomic E-state index is 12.8. The van der Waals surface area contributed by atoms with Crippen molar-refractivity contribution in [2.24, 2.45) is 0 Å². The molecule has 0 N–H and O–H groups in total. The van der Waals surface area contributed by atoms with Crippen LogP contribution in [0.3, 0.4) is 0 Å². The molecule has 6 nitrogen and oxygen atoms in total. The summed E-state index contributed by atoms with van der Waals surface area (Å²) < 4.78 is 12.5. The number of carbonyl (C=O) groups excluding carboxylic acids is 2. The molecule has 160 valence electrons. The van der Waals surface area contributed by atoms with Gasteiger partial charge in [0, 0.05) is 0 Å². The van der Waals surface area contributed by atoms with Gasteiger partial charge in [0.1, 0.15) is 18.8 Å². The average molecular weight is 426 g/mol. The molecule has 0 fully saturated rings. The molecule has 1 aromatic heterocycles. The number of para-hydroxylation sites is 1. The summed E-state index contributed by atoms with van der Waals surface area (Å²) in [5, 5.41) is 4.34. The van der Waals surface area contributed by atoms with Crippen LogP contribution in [0.25, 0.3) is 5.69 Å². The van der Waals surface area contributed by atoms with Gasteiger partial charge >= 0.3 is 11.9 Å². The lowest BCUT2D eigenvalue weighted by molar-refractivity contribution is -0.144. The van der Waals surface area contributed by atoms with Gasteiger partial charge < -0.3 is 9.47 Å². The molecule has 0 unspecified atom stereocenters. The lowest BCUT2D eigenvalue weighted by atomic mass is 10.2. The summed E-state index contributed by atoms with van der Waals surface area (Å²) in [6, 6.07) is 28.2. The Morgan fingerprint density at radius 2 is 1.25 bits per heavy atom. The average Bonchev–Trinajstić information content (AvgIpc) is 3.26. The van der Waals surface area contributed by atoms with E-state index in [1.807, 2.05) is 91.0 Å². The SMILES string of the molecule is O=C(Cc1c(C(=O)OCc2ccccc2)cnn1-c1ccccc1)OCc1ccccc1. The molecule has 0 atom stereocenters. The van der Waals surface area contributed by atoms with Crippen molar-refractivity contribution in [1.29, 1.82) is 0 Å². The first-order valence-corrected chi connectivity index (χ1v) is 10.2. The molecular formula is C26H22N2O4. The summed E-state index contributed by atoms with van der Waals surface area (Å²) in [7, 11) is 0. The predicted molar refractivity (Wildman–Crippen MR) is 119 cm³/mol. The number of aromatic nitrogens is 2. The summed E-state index contributed by atoms with van der Waals surface area (Å²) in [6.07, 6.45) is 1.32. The molecular weight excluding hydrogens is 404 g/mol. The van der Waals surface area contributed by atoms with Crippen molar-refractivity contribution in [2.75, 3.05) is 0 Å². The zero-order chi connectivity index (χ0) is 22.2. The second-order valence-electron chi connectivity index (χ2n) is 7.14. The van der Waals surface area contributed by atoms with E-state index in [1.54, 1.807) is 4.68 Å². The Hall–Kier alpha value is -4.19. The van der Waals surface area contributed by atoms with Gasteiger partial charge in [-0.1, -0.05) is 78.9 Å². The summed E-state index contributed by atoms with van der Waals surface area (Å²) in [5.41, 5.74) is 3.16. The Morgan fingerprint density at radius 1 is 0.719 bits per heavy atom. The first kappa shape index (κ1) is 21.1. The Morgan fingerprint density at radius 3 is 1.84 bits per heavy atom. The van der Waals surface area contributed by atoms with Gasteiger partial charge in [-0.3, -0.25) is 4.79 Å². The van der Waals surface area contributed by atoms with Crippen LogP contribution in [0, 0.1) is 0 Å². The molecule has 1 heterocycles. The summed E-state index contributed by atoms with van der Waals surface area (Å²) in [6.45, 7) is 0.293. The maximum Gasteiger partial charge on any atom is 0.341 e. The second-order valence-corrected chi connectivity index (χ2v) is 7.14. The fourth-order valence-corrected chi connectivity index (χ4v) is 3.23. The highest BCUT2D eigenvalue weighted by Crippen LogP contribution is 2.18. The van der Waals surface area contributed by atoms with Gasteiger partial charge in [-0.05, 0) is 23.3 Å². The highest BCUT2D eigenvalue weighted by molar-refractivity contribution is 5.92. The number of rotatable bonds is 8. The van der Waals surface area contributed by atoms with Crippen molar-refractivity contribution in [3.63, 3.8) is 0 Å². The third-order valence-electron chi connectivity index (χ3n) is 4.86. The maximum atomic E-state index is 12.8. The summed E-state index contributed by atoms with van der Waals surface area (Å²) in [5.74, 6) is -0.995. The van der Waals surface area contributed by atoms with E-state index in [0.29, 0.717) is 5.69 Å². The van der Waals surface area contributed by atoms with E-state index in [9.17, 15) is 9.59 Å². The van der Waals surface area contributed by atoms with Crippen LogP contribution >= 0.6 is 0 Å². The predicted octanol–water partition coefficient (Wildman–Crippen LogP) is 4.52. The van der Waals surface area contributed by atoms with Gasteiger partial charge in [0.2, 0.25) is 0 Å². The summed E-state index contributed by atoms with van der Waals surface area (Å²) >= 11 is 0. The molecule has 3 aromatic carbocycles. The van der Waals surface area contributed by atoms with Crippen LogP contribution < -0.4 is 0 Å². The zero-order valence-electron chi connectivity index (χ0n) is 17.4. The fraction of sp³-hybridized carbons (Fsp3) is 0.115. The zero-order valence-corrected chi connectivity index (χ0v) is 17.4. The van der Waals surface area contributed by atoms with Crippen molar-refractivity contribution in [1.82, 2.24) is 9.78 Å². The molecule has 0 saturated carbocycles. The van der Waals surface area contributed by atoms with Crippen molar-refractivity contribution in [3.8, 4) is 5.69 Å². The molecule has 0 spiro atoms. The molecule has 0 aliphatic rings. The third kappa shape index (κ3) is 5.29. The van der Waals surface area contributed by atoms with Crippen LogP contribution in [-0.2, 0) is 33.9 Å². The van der Waals surface area contributed by atoms with Crippen LogP contribution in [0.2, 0.25) is 0 Å².